The van der Waals surface area contributed by atoms with Crippen LogP contribution >= 0.6 is 0 Å². The zero-order valence-electron chi connectivity index (χ0n) is 10.3. The van der Waals surface area contributed by atoms with Crippen LogP contribution in [0, 0.1) is 5.92 Å². The lowest BCUT2D eigenvalue weighted by molar-refractivity contribution is -0.119. The third-order valence-corrected chi connectivity index (χ3v) is 3.47. The molecule has 1 aliphatic rings. The predicted molar refractivity (Wildman–Crippen MR) is 69.8 cm³/mol. The normalized spacial score (nSPS) is 23.6. The Morgan fingerprint density at radius 3 is 2.59 bits per heavy atom. The van der Waals surface area contributed by atoms with Crippen LogP contribution in [0.2, 0.25) is 0 Å². The lowest BCUT2D eigenvalue weighted by Gasteiger charge is -2.11. The number of nitrogens with two attached hydrogens (primary N) is 1. The Labute approximate surface area is 102 Å². The van der Waals surface area contributed by atoms with Crippen LogP contribution in [0.15, 0.2) is 24.3 Å². The number of nitrogens with one attached hydrogen (secondary N) is 1. The molecule has 3 heteroatoms. The second-order valence-electron chi connectivity index (χ2n) is 4.81. The van der Waals surface area contributed by atoms with Crippen molar-refractivity contribution in [1.29, 1.82) is 0 Å². The summed E-state index contributed by atoms with van der Waals surface area (Å²) in [5.41, 5.74) is 7.98. The molecule has 1 aliphatic carbocycles. The molecule has 1 aromatic rings. The molecule has 1 aromatic carbocycles. The molecule has 0 radical (unpaired) electrons. The van der Waals surface area contributed by atoms with E-state index < -0.39 is 0 Å². The molecule has 3 N–H and O–H groups in total. The van der Waals surface area contributed by atoms with Gasteiger partial charge in [0, 0.05) is 17.6 Å². The highest BCUT2D eigenvalue weighted by Crippen LogP contribution is 2.25. The fourth-order valence-corrected chi connectivity index (χ4v) is 2.32. The first-order chi connectivity index (χ1) is 8.19. The number of aryl methyl sites for hydroxylation is 1. The van der Waals surface area contributed by atoms with E-state index in [2.05, 4.69) is 24.4 Å². The standard InChI is InChI=1S/C14H20N2O/c1-2-10-3-7-13(8-4-10)16-14(17)11-5-6-12(15)9-11/h3-4,7-8,11-12H,2,5-6,9,15H2,1H3,(H,16,17). The quantitative estimate of drug-likeness (QED) is 0.840. The molecule has 0 aliphatic heterocycles. The second-order valence-corrected chi connectivity index (χ2v) is 4.81. The average molecular weight is 232 g/mol. The Hall–Kier alpha value is -1.35. The van der Waals surface area contributed by atoms with Gasteiger partial charge in [0.2, 0.25) is 5.91 Å². The SMILES string of the molecule is CCc1ccc(NC(=O)C2CCC(N)C2)cc1. The van der Waals surface area contributed by atoms with E-state index >= 15 is 0 Å². The van der Waals surface area contributed by atoms with Crippen LogP contribution < -0.4 is 11.1 Å². The van der Waals surface area contributed by atoms with Crippen LogP contribution in [0.25, 0.3) is 0 Å². The fraction of sp³-hybridized carbons (Fsp3) is 0.500. The number of carbonyl (C=O) groups excluding carboxylic acids is 1. The van der Waals surface area contributed by atoms with E-state index in [0.717, 1.165) is 31.4 Å². The molecule has 3 nitrogen and oxygen atoms in total. The van der Waals surface area contributed by atoms with Crippen LogP contribution in [0.5, 0.6) is 0 Å². The van der Waals surface area contributed by atoms with E-state index in [1.165, 1.54) is 5.56 Å². The smallest absolute Gasteiger partial charge is 0.227 e. The minimum Gasteiger partial charge on any atom is -0.328 e. The Balaban J connectivity index is 1.93. The van der Waals surface area contributed by atoms with Crippen LogP contribution in [0.1, 0.15) is 31.7 Å². The summed E-state index contributed by atoms with van der Waals surface area (Å²) in [7, 11) is 0. The fourth-order valence-electron chi connectivity index (χ4n) is 2.32. The maximum Gasteiger partial charge on any atom is 0.227 e. The number of hydrogen-bond acceptors (Lipinski definition) is 2. The van der Waals surface area contributed by atoms with Gasteiger partial charge in [-0.15, -0.1) is 0 Å². The number of anilines is 1. The third-order valence-electron chi connectivity index (χ3n) is 3.47. The minimum absolute atomic E-state index is 0.0934. The lowest BCUT2D eigenvalue weighted by Crippen LogP contribution is -2.23. The lowest BCUT2D eigenvalue weighted by atomic mass is 10.1. The Morgan fingerprint density at radius 1 is 1.35 bits per heavy atom. The average Bonchev–Trinajstić information content (AvgIpc) is 2.77. The number of amides is 1. The van der Waals surface area contributed by atoms with Gasteiger partial charge in [-0.05, 0) is 43.4 Å². The molecule has 0 aromatic heterocycles. The summed E-state index contributed by atoms with van der Waals surface area (Å²) in [5.74, 6) is 0.207. The highest BCUT2D eigenvalue weighted by atomic mass is 16.1. The van der Waals surface area contributed by atoms with Gasteiger partial charge in [-0.2, -0.15) is 0 Å². The molecule has 2 unspecified atom stereocenters. The van der Waals surface area contributed by atoms with Crippen molar-refractivity contribution < 1.29 is 4.79 Å². The highest BCUT2D eigenvalue weighted by Gasteiger charge is 2.27. The summed E-state index contributed by atoms with van der Waals surface area (Å²) in [6.45, 7) is 2.12. The zero-order chi connectivity index (χ0) is 12.3. The van der Waals surface area contributed by atoms with Gasteiger partial charge in [0.05, 0.1) is 0 Å². The number of rotatable bonds is 3. The summed E-state index contributed by atoms with van der Waals surface area (Å²) in [5, 5.41) is 2.96. The highest BCUT2D eigenvalue weighted by molar-refractivity contribution is 5.92. The summed E-state index contributed by atoms with van der Waals surface area (Å²) in [6.07, 6.45) is 3.72. The van der Waals surface area contributed by atoms with Gasteiger partial charge in [-0.1, -0.05) is 19.1 Å². The third kappa shape index (κ3) is 3.07. The minimum atomic E-state index is 0.0934. The predicted octanol–water partition coefficient (Wildman–Crippen LogP) is 2.31. The van der Waals surface area contributed by atoms with E-state index in [0.29, 0.717) is 0 Å². The molecule has 0 heterocycles. The maximum absolute atomic E-state index is 11.9. The molecule has 1 saturated carbocycles. The summed E-state index contributed by atoms with van der Waals surface area (Å²) >= 11 is 0. The van der Waals surface area contributed by atoms with Crippen molar-refractivity contribution in [3.05, 3.63) is 29.8 Å². The summed E-state index contributed by atoms with van der Waals surface area (Å²) < 4.78 is 0. The largest absolute Gasteiger partial charge is 0.328 e. The van der Waals surface area contributed by atoms with E-state index in [-0.39, 0.29) is 17.9 Å². The molecule has 17 heavy (non-hydrogen) atoms. The topological polar surface area (TPSA) is 55.1 Å². The first-order valence-electron chi connectivity index (χ1n) is 6.34. The Bertz CT molecular complexity index is 386. The van der Waals surface area contributed by atoms with Crippen LogP contribution in [0.4, 0.5) is 5.69 Å². The monoisotopic (exact) mass is 232 g/mol. The van der Waals surface area contributed by atoms with Gasteiger partial charge in [0.25, 0.3) is 0 Å². The Kier molecular flexibility index (Phi) is 3.79. The number of carbonyl (C=O) groups is 1. The molecular formula is C14H20N2O. The van der Waals surface area contributed by atoms with E-state index in [9.17, 15) is 4.79 Å². The molecule has 0 spiro atoms. The molecule has 1 fully saturated rings. The number of benzene rings is 1. The van der Waals surface area contributed by atoms with Crippen molar-refractivity contribution >= 4 is 11.6 Å². The van der Waals surface area contributed by atoms with Crippen molar-refractivity contribution in [2.24, 2.45) is 11.7 Å². The molecule has 92 valence electrons. The summed E-state index contributed by atoms with van der Waals surface area (Å²) in [4.78, 5) is 11.9. The van der Waals surface area contributed by atoms with Gasteiger partial charge in [-0.3, -0.25) is 4.79 Å². The van der Waals surface area contributed by atoms with Crippen LogP contribution in [-0.4, -0.2) is 11.9 Å². The first kappa shape index (κ1) is 12.1. The van der Waals surface area contributed by atoms with Crippen molar-refractivity contribution in [3.63, 3.8) is 0 Å². The van der Waals surface area contributed by atoms with Crippen molar-refractivity contribution in [3.8, 4) is 0 Å². The van der Waals surface area contributed by atoms with E-state index in [4.69, 9.17) is 5.73 Å². The van der Waals surface area contributed by atoms with Crippen molar-refractivity contribution in [2.45, 2.75) is 38.6 Å². The molecule has 2 atom stereocenters. The van der Waals surface area contributed by atoms with Crippen molar-refractivity contribution in [1.82, 2.24) is 0 Å². The molecule has 0 bridgehead atoms. The van der Waals surface area contributed by atoms with Gasteiger partial charge < -0.3 is 11.1 Å². The molecule has 0 saturated heterocycles. The van der Waals surface area contributed by atoms with E-state index in [1.54, 1.807) is 0 Å². The van der Waals surface area contributed by atoms with Gasteiger partial charge >= 0.3 is 0 Å². The number of hydrogen-bond donors (Lipinski definition) is 2. The second kappa shape index (κ2) is 5.32. The maximum atomic E-state index is 11.9. The zero-order valence-corrected chi connectivity index (χ0v) is 10.3. The van der Waals surface area contributed by atoms with Gasteiger partial charge in [-0.25, -0.2) is 0 Å². The van der Waals surface area contributed by atoms with Crippen molar-refractivity contribution in [2.75, 3.05) is 5.32 Å². The Morgan fingerprint density at radius 2 is 2.06 bits per heavy atom. The van der Waals surface area contributed by atoms with Gasteiger partial charge in [0.15, 0.2) is 0 Å². The first-order valence-corrected chi connectivity index (χ1v) is 6.34. The van der Waals surface area contributed by atoms with Crippen LogP contribution in [0.3, 0.4) is 0 Å². The van der Waals surface area contributed by atoms with Gasteiger partial charge in [0.1, 0.15) is 0 Å². The molecule has 1 amide bonds. The molecule has 2 rings (SSSR count). The summed E-state index contributed by atoms with van der Waals surface area (Å²) in [6, 6.07) is 8.23. The van der Waals surface area contributed by atoms with E-state index in [1.807, 2.05) is 12.1 Å². The molecular weight excluding hydrogens is 212 g/mol. The van der Waals surface area contributed by atoms with Crippen LogP contribution in [-0.2, 0) is 11.2 Å².